The van der Waals surface area contributed by atoms with Crippen LogP contribution in [0.5, 0.6) is 0 Å². The Morgan fingerprint density at radius 1 is 1.43 bits per heavy atom. The maximum Gasteiger partial charge on any atom is 0.150 e. The zero-order valence-electron chi connectivity index (χ0n) is 11.8. The largest absolute Gasteiger partial charge is 0.365 e. The van der Waals surface area contributed by atoms with Crippen molar-refractivity contribution >= 4 is 27.4 Å². The number of fused-ring (bicyclic) bond motifs is 2. The number of thiophene rings is 1. The summed E-state index contributed by atoms with van der Waals surface area (Å²) in [5.74, 6) is 2.96. The third kappa shape index (κ3) is 2.27. The highest BCUT2D eigenvalue weighted by Crippen LogP contribution is 2.25. The van der Waals surface area contributed by atoms with E-state index in [1.54, 1.807) is 17.7 Å². The number of anilines is 1. The molecule has 1 aliphatic heterocycles. The second-order valence-corrected chi connectivity index (χ2v) is 6.12. The molecule has 108 valence electrons. The van der Waals surface area contributed by atoms with Gasteiger partial charge in [0.15, 0.2) is 5.82 Å². The first-order valence-electron chi connectivity index (χ1n) is 7.21. The number of aryl methyl sites for hydroxylation is 2. The fourth-order valence-corrected chi connectivity index (χ4v) is 3.46. The lowest BCUT2D eigenvalue weighted by Crippen LogP contribution is -2.32. The van der Waals surface area contributed by atoms with Gasteiger partial charge in [-0.1, -0.05) is 6.92 Å². The second-order valence-electron chi connectivity index (χ2n) is 5.22. The number of nitrogens with one attached hydrogen (secondary N) is 1. The van der Waals surface area contributed by atoms with E-state index in [-0.39, 0.29) is 0 Å². The van der Waals surface area contributed by atoms with Crippen molar-refractivity contribution < 1.29 is 0 Å². The van der Waals surface area contributed by atoms with Gasteiger partial charge in [0.25, 0.3) is 0 Å². The lowest BCUT2D eigenvalue weighted by Gasteiger charge is -2.24. The molecule has 21 heavy (non-hydrogen) atoms. The minimum atomic E-state index is 0.335. The van der Waals surface area contributed by atoms with Gasteiger partial charge in [0.1, 0.15) is 22.8 Å². The highest BCUT2D eigenvalue weighted by Gasteiger charge is 2.22. The Bertz CT molecular complexity index is 777. The number of aromatic nitrogens is 5. The van der Waals surface area contributed by atoms with Crippen molar-refractivity contribution in [1.29, 1.82) is 0 Å². The number of hydrogen-bond donors (Lipinski definition) is 1. The van der Waals surface area contributed by atoms with E-state index in [0.717, 1.165) is 53.5 Å². The number of rotatable bonds is 3. The van der Waals surface area contributed by atoms with Crippen LogP contribution in [0.25, 0.3) is 10.2 Å². The molecule has 1 N–H and O–H groups in total. The predicted octanol–water partition coefficient (Wildman–Crippen LogP) is 2.27. The highest BCUT2D eigenvalue weighted by atomic mass is 32.1. The molecule has 0 saturated carbocycles. The van der Waals surface area contributed by atoms with E-state index in [0.29, 0.717) is 6.04 Å². The van der Waals surface area contributed by atoms with E-state index in [1.165, 1.54) is 0 Å². The predicted molar refractivity (Wildman–Crippen MR) is 82.5 cm³/mol. The molecule has 0 amide bonds. The molecule has 0 fully saturated rings. The third-order valence-corrected chi connectivity index (χ3v) is 4.64. The average molecular weight is 300 g/mol. The number of hydrogen-bond acceptors (Lipinski definition) is 6. The molecule has 4 rings (SSSR count). The van der Waals surface area contributed by atoms with E-state index in [2.05, 4.69) is 43.7 Å². The molecule has 0 bridgehead atoms. The van der Waals surface area contributed by atoms with Crippen LogP contribution >= 0.6 is 11.3 Å². The van der Waals surface area contributed by atoms with Crippen molar-refractivity contribution in [1.82, 2.24) is 24.7 Å². The lowest BCUT2D eigenvalue weighted by atomic mass is 10.1. The summed E-state index contributed by atoms with van der Waals surface area (Å²) in [7, 11) is 0. The third-order valence-electron chi connectivity index (χ3n) is 3.82. The summed E-state index contributed by atoms with van der Waals surface area (Å²) < 4.78 is 2.03. The average Bonchev–Trinajstić information content (AvgIpc) is 3.13. The first-order valence-corrected chi connectivity index (χ1v) is 8.09. The summed E-state index contributed by atoms with van der Waals surface area (Å²) in [5, 5.41) is 11.2. The van der Waals surface area contributed by atoms with Crippen LogP contribution in [0.1, 0.15) is 25.0 Å². The molecular formula is C14H16N6S. The van der Waals surface area contributed by atoms with Crippen molar-refractivity contribution in [2.45, 2.75) is 38.8 Å². The summed E-state index contributed by atoms with van der Waals surface area (Å²) >= 11 is 1.64. The SMILES string of the molecule is CCc1nc2n(n1)C[C@H](Nc1ncnc3sccc13)CC2. The molecule has 3 aromatic heterocycles. The molecule has 1 atom stereocenters. The highest BCUT2D eigenvalue weighted by molar-refractivity contribution is 7.16. The second kappa shape index (κ2) is 5.07. The molecule has 0 saturated heterocycles. The molecule has 0 spiro atoms. The smallest absolute Gasteiger partial charge is 0.150 e. The van der Waals surface area contributed by atoms with Crippen molar-refractivity contribution in [2.24, 2.45) is 0 Å². The Hall–Kier alpha value is -2.02. The van der Waals surface area contributed by atoms with Crippen LogP contribution in [0.15, 0.2) is 17.8 Å². The Labute approximate surface area is 126 Å². The molecule has 0 aliphatic carbocycles. The van der Waals surface area contributed by atoms with Crippen LogP contribution in [0.3, 0.4) is 0 Å². The van der Waals surface area contributed by atoms with Gasteiger partial charge in [-0.25, -0.2) is 19.6 Å². The van der Waals surface area contributed by atoms with Gasteiger partial charge in [0.05, 0.1) is 11.9 Å². The van der Waals surface area contributed by atoms with E-state index >= 15 is 0 Å². The molecule has 0 radical (unpaired) electrons. The van der Waals surface area contributed by atoms with Gasteiger partial charge < -0.3 is 5.32 Å². The molecule has 3 aromatic rings. The molecule has 4 heterocycles. The van der Waals surface area contributed by atoms with Gasteiger partial charge in [-0.2, -0.15) is 5.10 Å². The maximum atomic E-state index is 4.55. The molecular weight excluding hydrogens is 284 g/mol. The molecule has 0 aromatic carbocycles. The van der Waals surface area contributed by atoms with E-state index < -0.39 is 0 Å². The van der Waals surface area contributed by atoms with Crippen molar-refractivity contribution in [2.75, 3.05) is 5.32 Å². The topological polar surface area (TPSA) is 68.5 Å². The quantitative estimate of drug-likeness (QED) is 0.803. The van der Waals surface area contributed by atoms with Crippen LogP contribution in [0.4, 0.5) is 5.82 Å². The van der Waals surface area contributed by atoms with Crippen LogP contribution < -0.4 is 5.32 Å². The molecule has 6 nitrogen and oxygen atoms in total. The fourth-order valence-electron chi connectivity index (χ4n) is 2.73. The van der Waals surface area contributed by atoms with Crippen molar-refractivity contribution in [3.8, 4) is 0 Å². The van der Waals surface area contributed by atoms with Crippen LogP contribution in [0.2, 0.25) is 0 Å². The fraction of sp³-hybridized carbons (Fsp3) is 0.429. The van der Waals surface area contributed by atoms with E-state index in [9.17, 15) is 0 Å². The van der Waals surface area contributed by atoms with Gasteiger partial charge >= 0.3 is 0 Å². The first kappa shape index (κ1) is 12.7. The van der Waals surface area contributed by atoms with E-state index in [4.69, 9.17) is 0 Å². The zero-order chi connectivity index (χ0) is 14.2. The Morgan fingerprint density at radius 2 is 2.38 bits per heavy atom. The first-order chi connectivity index (χ1) is 10.3. The normalized spacial score (nSPS) is 17.9. The van der Waals surface area contributed by atoms with Gasteiger partial charge in [-0.05, 0) is 17.9 Å². The minimum absolute atomic E-state index is 0.335. The molecule has 7 heteroatoms. The van der Waals surface area contributed by atoms with Gasteiger partial charge in [-0.15, -0.1) is 11.3 Å². The Kier molecular flexibility index (Phi) is 3.07. The van der Waals surface area contributed by atoms with Gasteiger partial charge in [0, 0.05) is 18.9 Å². The van der Waals surface area contributed by atoms with E-state index in [1.807, 2.05) is 4.68 Å². The zero-order valence-corrected chi connectivity index (χ0v) is 12.6. The molecule has 0 unspecified atom stereocenters. The summed E-state index contributed by atoms with van der Waals surface area (Å²) in [4.78, 5) is 14.3. The lowest BCUT2D eigenvalue weighted by molar-refractivity contribution is 0.440. The number of nitrogens with zero attached hydrogens (tertiary/aromatic N) is 5. The van der Waals surface area contributed by atoms with Crippen molar-refractivity contribution in [3.63, 3.8) is 0 Å². The Balaban J connectivity index is 1.57. The van der Waals surface area contributed by atoms with Crippen LogP contribution in [-0.4, -0.2) is 30.8 Å². The minimum Gasteiger partial charge on any atom is -0.365 e. The van der Waals surface area contributed by atoms with Crippen molar-refractivity contribution in [3.05, 3.63) is 29.4 Å². The summed E-state index contributed by atoms with van der Waals surface area (Å²) in [6.45, 7) is 2.93. The van der Waals surface area contributed by atoms with Gasteiger partial charge in [0.2, 0.25) is 0 Å². The monoisotopic (exact) mass is 300 g/mol. The summed E-state index contributed by atoms with van der Waals surface area (Å²) in [6, 6.07) is 2.41. The van der Waals surface area contributed by atoms with Crippen LogP contribution in [-0.2, 0) is 19.4 Å². The van der Waals surface area contributed by atoms with Gasteiger partial charge in [-0.3, -0.25) is 0 Å². The summed E-state index contributed by atoms with van der Waals surface area (Å²) in [5.41, 5.74) is 0. The maximum absolute atomic E-state index is 4.55. The standard InChI is InChI=1S/C14H16N6S/c1-2-11-18-12-4-3-9(7-20(12)19-11)17-13-10-5-6-21-14(10)16-8-15-13/h5-6,8-9H,2-4,7H2,1H3,(H,15,16,17)/t9-/m1/s1. The Morgan fingerprint density at radius 3 is 3.29 bits per heavy atom. The molecule has 1 aliphatic rings. The summed E-state index contributed by atoms with van der Waals surface area (Å²) in [6.07, 6.45) is 4.53. The van der Waals surface area contributed by atoms with Crippen LogP contribution in [0, 0.1) is 0 Å².